The Morgan fingerprint density at radius 2 is 1.85 bits per heavy atom. The average molecular weight is 291 g/mol. The normalized spacial score (nSPS) is 11.4. The second-order valence-electron chi connectivity index (χ2n) is 4.12. The molecule has 104 valence electrons. The number of hydrazone groups is 1. The third kappa shape index (κ3) is 2.80. The quantitative estimate of drug-likeness (QED) is 0.592. The zero-order chi connectivity index (χ0) is 14.7. The molecule has 0 bridgehead atoms. The molecule has 1 heterocycles. The Kier molecular flexibility index (Phi) is 4.05. The molecule has 0 aliphatic rings. The van der Waals surface area contributed by atoms with Crippen molar-refractivity contribution in [3.8, 4) is 11.1 Å². The third-order valence-corrected chi connectivity index (χ3v) is 2.96. The van der Waals surface area contributed by atoms with Crippen LogP contribution in [-0.4, -0.2) is 22.7 Å². The highest BCUT2D eigenvalue weighted by atomic mass is 35.5. The van der Waals surface area contributed by atoms with E-state index in [9.17, 15) is 0 Å². The number of rotatable bonds is 3. The summed E-state index contributed by atoms with van der Waals surface area (Å²) in [6, 6.07) is 7.26. The molecule has 0 atom stereocenters. The van der Waals surface area contributed by atoms with Gasteiger partial charge >= 0.3 is 0 Å². The van der Waals surface area contributed by atoms with Crippen LogP contribution in [0.25, 0.3) is 11.1 Å². The van der Waals surface area contributed by atoms with Crippen molar-refractivity contribution >= 4 is 29.1 Å². The van der Waals surface area contributed by atoms with Crippen molar-refractivity contribution in [3.05, 3.63) is 35.0 Å². The highest BCUT2D eigenvalue weighted by Crippen LogP contribution is 2.29. The van der Waals surface area contributed by atoms with Gasteiger partial charge in [-0.2, -0.15) is 10.1 Å². The maximum atomic E-state index is 5.99. The lowest BCUT2D eigenvalue weighted by Gasteiger charge is -2.12. The molecule has 20 heavy (non-hydrogen) atoms. The van der Waals surface area contributed by atoms with Crippen LogP contribution >= 0.6 is 11.6 Å². The van der Waals surface area contributed by atoms with E-state index in [-0.39, 0.29) is 5.95 Å². The summed E-state index contributed by atoms with van der Waals surface area (Å²) in [5.74, 6) is 0.418. The Balaban J connectivity index is 2.67. The first-order valence-corrected chi connectivity index (χ1v) is 6.31. The minimum absolute atomic E-state index is 0.112. The molecule has 0 amide bonds. The lowest BCUT2D eigenvalue weighted by atomic mass is 10.0. The predicted octanol–water partition coefficient (Wildman–Crippen LogP) is 1.90. The number of hydrogen-bond acceptors (Lipinski definition) is 6. The summed E-state index contributed by atoms with van der Waals surface area (Å²) in [5.41, 5.74) is 17.2. The van der Waals surface area contributed by atoms with Crippen molar-refractivity contribution in [1.82, 2.24) is 15.4 Å². The molecule has 1 aromatic carbocycles. The van der Waals surface area contributed by atoms with Gasteiger partial charge in [-0.3, -0.25) is 0 Å². The molecule has 0 unspecified atom stereocenters. The van der Waals surface area contributed by atoms with E-state index in [1.807, 2.05) is 19.1 Å². The summed E-state index contributed by atoms with van der Waals surface area (Å²) in [6.07, 6.45) is 0. The summed E-state index contributed by atoms with van der Waals surface area (Å²) in [6.45, 7) is 1.82. The molecule has 0 aliphatic carbocycles. The fourth-order valence-electron chi connectivity index (χ4n) is 1.88. The van der Waals surface area contributed by atoms with Crippen LogP contribution in [0.4, 0.5) is 11.8 Å². The summed E-state index contributed by atoms with van der Waals surface area (Å²) in [5, 5.41) is 4.76. The first-order chi connectivity index (χ1) is 9.52. The monoisotopic (exact) mass is 290 g/mol. The summed E-state index contributed by atoms with van der Waals surface area (Å²) in [7, 11) is 1.71. The van der Waals surface area contributed by atoms with E-state index >= 15 is 0 Å². The summed E-state index contributed by atoms with van der Waals surface area (Å²) < 4.78 is 0. The van der Waals surface area contributed by atoms with Crippen molar-refractivity contribution in [2.45, 2.75) is 6.92 Å². The van der Waals surface area contributed by atoms with Crippen LogP contribution in [0.15, 0.2) is 29.4 Å². The Labute approximate surface area is 121 Å². The molecule has 0 saturated heterocycles. The first kappa shape index (κ1) is 14.1. The van der Waals surface area contributed by atoms with Crippen molar-refractivity contribution < 1.29 is 0 Å². The molecule has 5 N–H and O–H groups in total. The van der Waals surface area contributed by atoms with Gasteiger partial charge < -0.3 is 16.9 Å². The van der Waals surface area contributed by atoms with Crippen molar-refractivity contribution in [1.29, 1.82) is 0 Å². The van der Waals surface area contributed by atoms with Gasteiger partial charge in [0.2, 0.25) is 5.95 Å². The lowest BCUT2D eigenvalue weighted by molar-refractivity contribution is 0.897. The Hall–Kier alpha value is -2.34. The van der Waals surface area contributed by atoms with E-state index in [1.165, 1.54) is 0 Å². The highest BCUT2D eigenvalue weighted by molar-refractivity contribution is 6.30. The van der Waals surface area contributed by atoms with E-state index in [4.69, 9.17) is 23.1 Å². The topological polar surface area (TPSA) is 102 Å². The van der Waals surface area contributed by atoms with Gasteiger partial charge in [-0.05, 0) is 24.6 Å². The number of aromatic nitrogens is 2. The van der Waals surface area contributed by atoms with Crippen molar-refractivity contribution in [2.24, 2.45) is 5.10 Å². The van der Waals surface area contributed by atoms with Crippen LogP contribution in [0.1, 0.15) is 12.6 Å². The number of nitrogens with one attached hydrogen (secondary N) is 1. The van der Waals surface area contributed by atoms with E-state index in [0.717, 1.165) is 5.56 Å². The molecule has 2 aromatic rings. The Bertz CT molecular complexity index is 651. The number of nitrogens with zero attached hydrogens (tertiary/aromatic N) is 3. The highest BCUT2D eigenvalue weighted by Gasteiger charge is 2.16. The number of nitrogen functional groups attached to an aromatic ring is 2. The van der Waals surface area contributed by atoms with Gasteiger partial charge in [0, 0.05) is 12.1 Å². The van der Waals surface area contributed by atoms with Gasteiger partial charge in [-0.1, -0.05) is 23.7 Å². The molecule has 6 nitrogen and oxygen atoms in total. The van der Waals surface area contributed by atoms with Gasteiger partial charge in [0.25, 0.3) is 0 Å². The zero-order valence-corrected chi connectivity index (χ0v) is 11.9. The summed E-state index contributed by atoms with van der Waals surface area (Å²) in [4.78, 5) is 8.25. The largest absolute Gasteiger partial charge is 0.383 e. The molecular weight excluding hydrogens is 276 g/mol. The Morgan fingerprint density at radius 1 is 1.20 bits per heavy atom. The van der Waals surface area contributed by atoms with Crippen LogP contribution in [0.3, 0.4) is 0 Å². The van der Waals surface area contributed by atoms with E-state index in [1.54, 1.807) is 19.2 Å². The van der Waals surface area contributed by atoms with Gasteiger partial charge in [0.15, 0.2) is 0 Å². The Morgan fingerprint density at radius 3 is 2.45 bits per heavy atom. The predicted molar refractivity (Wildman–Crippen MR) is 82.6 cm³/mol. The van der Waals surface area contributed by atoms with E-state index in [0.29, 0.717) is 27.8 Å². The van der Waals surface area contributed by atoms with E-state index < -0.39 is 0 Å². The second kappa shape index (κ2) is 5.75. The molecule has 0 fully saturated rings. The molecular formula is C13H15ClN6. The van der Waals surface area contributed by atoms with Crippen molar-refractivity contribution in [2.75, 3.05) is 18.5 Å². The number of hydrogen-bond donors (Lipinski definition) is 3. The van der Waals surface area contributed by atoms with Crippen molar-refractivity contribution in [3.63, 3.8) is 0 Å². The van der Waals surface area contributed by atoms with Gasteiger partial charge in [-0.25, -0.2) is 4.98 Å². The standard InChI is InChI=1S/C13H15ClN6/c1-7(20-17-2)11-10(12(15)19-13(16)18-11)8-3-5-9(14)6-4-8/h3-6,17H,1-2H3,(H4,15,16,18,19)/b20-7+. The van der Waals surface area contributed by atoms with Gasteiger partial charge in [0.1, 0.15) is 11.5 Å². The fourth-order valence-corrected chi connectivity index (χ4v) is 2.01. The van der Waals surface area contributed by atoms with Gasteiger partial charge in [0.05, 0.1) is 11.3 Å². The maximum Gasteiger partial charge on any atom is 0.222 e. The number of halogens is 1. The van der Waals surface area contributed by atoms with Crippen LogP contribution in [0.5, 0.6) is 0 Å². The SMILES string of the molecule is CN/N=C(\C)c1nc(N)nc(N)c1-c1ccc(Cl)cc1. The number of benzene rings is 1. The van der Waals surface area contributed by atoms with E-state index in [2.05, 4.69) is 20.5 Å². The third-order valence-electron chi connectivity index (χ3n) is 2.71. The molecule has 0 radical (unpaired) electrons. The zero-order valence-electron chi connectivity index (χ0n) is 11.2. The minimum atomic E-state index is 0.112. The minimum Gasteiger partial charge on any atom is -0.383 e. The number of nitrogens with two attached hydrogens (primary N) is 2. The molecule has 0 spiro atoms. The molecule has 2 rings (SSSR count). The smallest absolute Gasteiger partial charge is 0.222 e. The average Bonchev–Trinajstić information content (AvgIpc) is 2.39. The lowest BCUT2D eigenvalue weighted by Crippen LogP contribution is -2.12. The molecule has 7 heteroatoms. The molecule has 1 aromatic heterocycles. The van der Waals surface area contributed by atoms with Crippen LogP contribution in [0, 0.1) is 0 Å². The fraction of sp³-hybridized carbons (Fsp3) is 0.154. The van der Waals surface area contributed by atoms with Crippen LogP contribution in [-0.2, 0) is 0 Å². The first-order valence-electron chi connectivity index (χ1n) is 5.93. The molecule has 0 aliphatic heterocycles. The van der Waals surface area contributed by atoms with Gasteiger partial charge in [-0.15, -0.1) is 0 Å². The summed E-state index contributed by atoms with van der Waals surface area (Å²) >= 11 is 5.90. The number of anilines is 2. The van der Waals surface area contributed by atoms with Crippen LogP contribution < -0.4 is 16.9 Å². The molecule has 0 saturated carbocycles. The van der Waals surface area contributed by atoms with Crippen LogP contribution in [0.2, 0.25) is 5.02 Å². The second-order valence-corrected chi connectivity index (χ2v) is 4.55. The maximum absolute atomic E-state index is 5.99.